The van der Waals surface area contributed by atoms with Crippen LogP contribution in [0.1, 0.15) is 48.5 Å². The first-order valence-corrected chi connectivity index (χ1v) is 6.68. The lowest BCUT2D eigenvalue weighted by atomic mass is 9.85. The van der Waals surface area contributed by atoms with Crippen LogP contribution in [0.25, 0.3) is 0 Å². The van der Waals surface area contributed by atoms with Crippen molar-refractivity contribution in [1.82, 2.24) is 0 Å². The average Bonchev–Trinajstić information content (AvgIpc) is 2.34. The van der Waals surface area contributed by atoms with Gasteiger partial charge in [-0.1, -0.05) is 19.8 Å². The predicted octanol–water partition coefficient (Wildman–Crippen LogP) is 3.68. The fourth-order valence-corrected chi connectivity index (χ4v) is 2.69. The van der Waals surface area contributed by atoms with Crippen LogP contribution in [0.15, 0.2) is 18.2 Å². The second-order valence-electron chi connectivity index (χ2n) is 5.35. The molecule has 1 fully saturated rings. The number of anilines is 1. The zero-order chi connectivity index (χ0) is 13.1. The zero-order valence-electron chi connectivity index (χ0n) is 11.1. The van der Waals surface area contributed by atoms with Gasteiger partial charge in [-0.05, 0) is 49.4 Å². The SMILES string of the molecule is Cc1cc(C(=O)O)ccc1NC1CCCCC1C. The minimum atomic E-state index is -0.865. The summed E-state index contributed by atoms with van der Waals surface area (Å²) in [7, 11) is 0. The summed E-state index contributed by atoms with van der Waals surface area (Å²) in [6.45, 7) is 4.25. The number of carboxylic acid groups (broad SMARTS) is 1. The van der Waals surface area contributed by atoms with Crippen molar-refractivity contribution in [2.75, 3.05) is 5.32 Å². The van der Waals surface area contributed by atoms with Gasteiger partial charge in [0.05, 0.1) is 5.56 Å². The van der Waals surface area contributed by atoms with Gasteiger partial charge in [-0.2, -0.15) is 0 Å². The molecule has 2 N–H and O–H groups in total. The molecule has 3 heteroatoms. The smallest absolute Gasteiger partial charge is 0.335 e. The van der Waals surface area contributed by atoms with Crippen LogP contribution in [0, 0.1) is 12.8 Å². The van der Waals surface area contributed by atoms with Crippen LogP contribution in [0.4, 0.5) is 5.69 Å². The van der Waals surface area contributed by atoms with Gasteiger partial charge in [0, 0.05) is 11.7 Å². The Morgan fingerprint density at radius 3 is 2.67 bits per heavy atom. The summed E-state index contributed by atoms with van der Waals surface area (Å²) in [5.41, 5.74) is 2.43. The molecule has 1 saturated carbocycles. The third kappa shape index (κ3) is 2.84. The fraction of sp³-hybridized carbons (Fsp3) is 0.533. The van der Waals surface area contributed by atoms with Crippen molar-refractivity contribution >= 4 is 11.7 Å². The highest BCUT2D eigenvalue weighted by molar-refractivity contribution is 5.88. The lowest BCUT2D eigenvalue weighted by molar-refractivity contribution is 0.0697. The highest BCUT2D eigenvalue weighted by atomic mass is 16.4. The summed E-state index contributed by atoms with van der Waals surface area (Å²) < 4.78 is 0. The molecule has 1 aromatic rings. The van der Waals surface area contributed by atoms with E-state index in [2.05, 4.69) is 12.2 Å². The lowest BCUT2D eigenvalue weighted by Crippen LogP contribution is -2.30. The maximum absolute atomic E-state index is 10.9. The van der Waals surface area contributed by atoms with Crippen LogP contribution in [0.2, 0.25) is 0 Å². The summed E-state index contributed by atoms with van der Waals surface area (Å²) in [5, 5.41) is 12.5. The van der Waals surface area contributed by atoms with Crippen molar-refractivity contribution in [2.24, 2.45) is 5.92 Å². The molecule has 1 aliphatic carbocycles. The predicted molar refractivity (Wildman–Crippen MR) is 73.2 cm³/mol. The van der Waals surface area contributed by atoms with Crippen LogP contribution in [-0.2, 0) is 0 Å². The van der Waals surface area contributed by atoms with Crippen LogP contribution < -0.4 is 5.32 Å². The Bertz CT molecular complexity index is 442. The molecule has 0 aliphatic heterocycles. The van der Waals surface area contributed by atoms with E-state index in [-0.39, 0.29) is 0 Å². The topological polar surface area (TPSA) is 49.3 Å². The number of carbonyl (C=O) groups is 1. The van der Waals surface area contributed by atoms with E-state index >= 15 is 0 Å². The van der Waals surface area contributed by atoms with Crippen LogP contribution in [-0.4, -0.2) is 17.1 Å². The Labute approximate surface area is 108 Å². The molecule has 0 spiro atoms. The van der Waals surface area contributed by atoms with Crippen LogP contribution in [0.5, 0.6) is 0 Å². The highest BCUT2D eigenvalue weighted by Crippen LogP contribution is 2.28. The molecule has 18 heavy (non-hydrogen) atoms. The van der Waals surface area contributed by atoms with E-state index in [9.17, 15) is 4.79 Å². The fourth-order valence-electron chi connectivity index (χ4n) is 2.69. The third-order valence-electron chi connectivity index (χ3n) is 3.93. The van der Waals surface area contributed by atoms with E-state index in [0.29, 0.717) is 17.5 Å². The van der Waals surface area contributed by atoms with Crippen LogP contribution in [0.3, 0.4) is 0 Å². The van der Waals surface area contributed by atoms with Crippen molar-refractivity contribution in [3.05, 3.63) is 29.3 Å². The minimum Gasteiger partial charge on any atom is -0.478 e. The number of rotatable bonds is 3. The van der Waals surface area contributed by atoms with Gasteiger partial charge >= 0.3 is 5.97 Å². The lowest BCUT2D eigenvalue weighted by Gasteiger charge is -2.31. The van der Waals surface area contributed by atoms with E-state index in [1.54, 1.807) is 12.1 Å². The number of hydrogen-bond acceptors (Lipinski definition) is 2. The molecular weight excluding hydrogens is 226 g/mol. The molecule has 1 aliphatic rings. The number of aromatic carboxylic acids is 1. The molecule has 3 nitrogen and oxygen atoms in total. The molecule has 2 unspecified atom stereocenters. The van der Waals surface area contributed by atoms with Crippen molar-refractivity contribution < 1.29 is 9.90 Å². The molecule has 1 aromatic carbocycles. The largest absolute Gasteiger partial charge is 0.478 e. The summed E-state index contributed by atoms with van der Waals surface area (Å²) in [6.07, 6.45) is 5.11. The third-order valence-corrected chi connectivity index (χ3v) is 3.93. The summed E-state index contributed by atoms with van der Waals surface area (Å²) >= 11 is 0. The van der Waals surface area contributed by atoms with Gasteiger partial charge in [0.1, 0.15) is 0 Å². The van der Waals surface area contributed by atoms with Gasteiger partial charge in [0.25, 0.3) is 0 Å². The molecule has 0 amide bonds. The van der Waals surface area contributed by atoms with Gasteiger partial charge in [-0.15, -0.1) is 0 Å². The van der Waals surface area contributed by atoms with Crippen molar-refractivity contribution in [1.29, 1.82) is 0 Å². The van der Waals surface area contributed by atoms with Crippen molar-refractivity contribution in [3.8, 4) is 0 Å². The van der Waals surface area contributed by atoms with E-state index in [1.807, 2.05) is 13.0 Å². The maximum atomic E-state index is 10.9. The Hall–Kier alpha value is -1.51. The molecule has 0 heterocycles. The van der Waals surface area contributed by atoms with Crippen LogP contribution >= 0.6 is 0 Å². The molecule has 0 saturated heterocycles. The Morgan fingerprint density at radius 1 is 1.33 bits per heavy atom. The van der Waals surface area contributed by atoms with Gasteiger partial charge in [-0.25, -0.2) is 4.79 Å². The monoisotopic (exact) mass is 247 g/mol. The number of aryl methyl sites for hydroxylation is 1. The van der Waals surface area contributed by atoms with E-state index in [1.165, 1.54) is 25.7 Å². The normalized spacial score (nSPS) is 23.7. The first-order valence-electron chi connectivity index (χ1n) is 6.68. The first kappa shape index (κ1) is 12.9. The van der Waals surface area contributed by atoms with Gasteiger partial charge in [0.15, 0.2) is 0 Å². The van der Waals surface area contributed by atoms with Gasteiger partial charge in [0.2, 0.25) is 0 Å². The minimum absolute atomic E-state index is 0.356. The molecule has 0 bridgehead atoms. The molecule has 0 aromatic heterocycles. The molecule has 2 atom stereocenters. The summed E-state index contributed by atoms with van der Waals surface area (Å²) in [4.78, 5) is 10.9. The summed E-state index contributed by atoms with van der Waals surface area (Å²) in [6, 6.07) is 5.82. The second kappa shape index (κ2) is 5.42. The summed E-state index contributed by atoms with van der Waals surface area (Å²) in [5.74, 6) is -0.173. The maximum Gasteiger partial charge on any atom is 0.335 e. The van der Waals surface area contributed by atoms with E-state index in [4.69, 9.17) is 5.11 Å². The standard InChI is InChI=1S/C15H21NO2/c1-10-5-3-4-6-13(10)16-14-8-7-12(15(17)18)9-11(14)2/h7-10,13,16H,3-6H2,1-2H3,(H,17,18). The quantitative estimate of drug-likeness (QED) is 0.856. The number of benzene rings is 1. The Morgan fingerprint density at radius 2 is 2.06 bits per heavy atom. The Balaban J connectivity index is 2.11. The molecular formula is C15H21NO2. The molecule has 2 rings (SSSR count). The van der Waals surface area contributed by atoms with Crippen molar-refractivity contribution in [2.45, 2.75) is 45.6 Å². The van der Waals surface area contributed by atoms with E-state index < -0.39 is 5.97 Å². The number of nitrogens with one attached hydrogen (secondary N) is 1. The highest BCUT2D eigenvalue weighted by Gasteiger charge is 2.21. The zero-order valence-corrected chi connectivity index (χ0v) is 11.1. The Kier molecular flexibility index (Phi) is 3.90. The number of carboxylic acids is 1. The van der Waals surface area contributed by atoms with Gasteiger partial charge in [-0.3, -0.25) is 0 Å². The first-order chi connectivity index (χ1) is 8.58. The van der Waals surface area contributed by atoms with Gasteiger partial charge < -0.3 is 10.4 Å². The second-order valence-corrected chi connectivity index (χ2v) is 5.35. The van der Waals surface area contributed by atoms with E-state index in [0.717, 1.165) is 11.3 Å². The molecule has 98 valence electrons. The average molecular weight is 247 g/mol. The molecule has 0 radical (unpaired) electrons. The number of hydrogen-bond donors (Lipinski definition) is 2. The van der Waals surface area contributed by atoms with Crippen molar-refractivity contribution in [3.63, 3.8) is 0 Å².